The van der Waals surface area contributed by atoms with E-state index in [1.165, 1.54) is 0 Å². The van der Waals surface area contributed by atoms with Crippen LogP contribution in [-0.2, 0) is 6.42 Å². The molecule has 1 heterocycles. The molecule has 0 fully saturated rings. The lowest BCUT2D eigenvalue weighted by molar-refractivity contribution is 0.836. The van der Waals surface area contributed by atoms with Crippen molar-refractivity contribution in [3.63, 3.8) is 0 Å². The van der Waals surface area contributed by atoms with Crippen molar-refractivity contribution >= 4 is 5.82 Å². The van der Waals surface area contributed by atoms with Crippen LogP contribution in [0.1, 0.15) is 19.2 Å². The van der Waals surface area contributed by atoms with Crippen LogP contribution in [-0.4, -0.2) is 17.0 Å². The molecule has 1 aromatic heterocycles. The van der Waals surface area contributed by atoms with E-state index in [1.54, 1.807) is 6.20 Å². The topological polar surface area (TPSA) is 37.8 Å². The van der Waals surface area contributed by atoms with Gasteiger partial charge in [-0.2, -0.15) is 0 Å². The van der Waals surface area contributed by atoms with Crippen LogP contribution >= 0.6 is 0 Å². The molecule has 1 N–H and O–H groups in total. The molecule has 3 nitrogen and oxygen atoms in total. The maximum absolute atomic E-state index is 4.26. The standard InChI is InChI=1S/C8H13N3/c1-3-4-8-10-6-5-7(9-2)11-8/h5-6H,3-4H2,1-2H3,(H,9,10,11). The maximum atomic E-state index is 4.26. The average Bonchev–Trinajstić information content (AvgIpc) is 2.06. The first kappa shape index (κ1) is 7.98. The minimum absolute atomic E-state index is 0.892. The summed E-state index contributed by atoms with van der Waals surface area (Å²) >= 11 is 0. The quantitative estimate of drug-likeness (QED) is 0.710. The Morgan fingerprint density at radius 3 is 3.00 bits per heavy atom. The van der Waals surface area contributed by atoms with Gasteiger partial charge in [-0.1, -0.05) is 6.92 Å². The number of anilines is 1. The van der Waals surface area contributed by atoms with E-state index in [9.17, 15) is 0 Å². The summed E-state index contributed by atoms with van der Waals surface area (Å²) in [6, 6.07) is 1.86. The number of hydrogen-bond donors (Lipinski definition) is 1. The van der Waals surface area contributed by atoms with E-state index in [1.807, 2.05) is 13.1 Å². The lowest BCUT2D eigenvalue weighted by atomic mass is 10.3. The highest BCUT2D eigenvalue weighted by atomic mass is 15.0. The van der Waals surface area contributed by atoms with Crippen molar-refractivity contribution in [1.29, 1.82) is 0 Å². The molecule has 0 amide bonds. The van der Waals surface area contributed by atoms with Gasteiger partial charge in [0.2, 0.25) is 0 Å². The summed E-state index contributed by atoms with van der Waals surface area (Å²) in [5, 5.41) is 2.97. The van der Waals surface area contributed by atoms with Crippen molar-refractivity contribution in [2.75, 3.05) is 12.4 Å². The van der Waals surface area contributed by atoms with Crippen LogP contribution in [0.4, 0.5) is 5.82 Å². The molecular formula is C8H13N3. The van der Waals surface area contributed by atoms with E-state index in [-0.39, 0.29) is 0 Å². The lowest BCUT2D eigenvalue weighted by Crippen LogP contribution is -1.98. The second-order valence-corrected chi connectivity index (χ2v) is 2.36. The third-order valence-electron chi connectivity index (χ3n) is 1.44. The summed E-state index contributed by atoms with van der Waals surface area (Å²) in [6.07, 6.45) is 3.83. The summed E-state index contributed by atoms with van der Waals surface area (Å²) < 4.78 is 0. The molecular weight excluding hydrogens is 138 g/mol. The van der Waals surface area contributed by atoms with Crippen LogP contribution in [0.3, 0.4) is 0 Å². The average molecular weight is 151 g/mol. The Balaban J connectivity index is 2.74. The van der Waals surface area contributed by atoms with Gasteiger partial charge in [0, 0.05) is 19.7 Å². The van der Waals surface area contributed by atoms with E-state index < -0.39 is 0 Å². The number of nitrogens with zero attached hydrogens (tertiary/aromatic N) is 2. The Labute approximate surface area is 66.9 Å². The molecule has 0 radical (unpaired) electrons. The third-order valence-corrected chi connectivity index (χ3v) is 1.44. The minimum atomic E-state index is 0.892. The van der Waals surface area contributed by atoms with Crippen molar-refractivity contribution < 1.29 is 0 Å². The zero-order valence-electron chi connectivity index (χ0n) is 6.96. The summed E-state index contributed by atoms with van der Waals surface area (Å²) in [6.45, 7) is 2.12. The van der Waals surface area contributed by atoms with Gasteiger partial charge in [-0.25, -0.2) is 9.97 Å². The molecule has 3 heteroatoms. The summed E-state index contributed by atoms with van der Waals surface area (Å²) in [5.41, 5.74) is 0. The van der Waals surface area contributed by atoms with Crippen molar-refractivity contribution in [1.82, 2.24) is 9.97 Å². The molecule has 0 unspecified atom stereocenters. The molecule has 1 rings (SSSR count). The van der Waals surface area contributed by atoms with Crippen LogP contribution in [0.2, 0.25) is 0 Å². The van der Waals surface area contributed by atoms with Gasteiger partial charge >= 0.3 is 0 Å². The van der Waals surface area contributed by atoms with Crippen LogP contribution in [0, 0.1) is 0 Å². The number of nitrogens with one attached hydrogen (secondary N) is 1. The van der Waals surface area contributed by atoms with Crippen molar-refractivity contribution in [3.05, 3.63) is 18.1 Å². The third kappa shape index (κ3) is 2.18. The molecule has 0 atom stereocenters. The fraction of sp³-hybridized carbons (Fsp3) is 0.500. The molecule has 0 aliphatic heterocycles. The summed E-state index contributed by atoms with van der Waals surface area (Å²) in [7, 11) is 1.86. The highest BCUT2D eigenvalue weighted by Gasteiger charge is 1.94. The molecule has 0 aliphatic rings. The Morgan fingerprint density at radius 1 is 1.55 bits per heavy atom. The number of aromatic nitrogens is 2. The SMILES string of the molecule is CCCc1nccc(NC)n1. The van der Waals surface area contributed by atoms with Gasteiger partial charge in [0.1, 0.15) is 11.6 Å². The number of rotatable bonds is 3. The van der Waals surface area contributed by atoms with Gasteiger partial charge in [-0.15, -0.1) is 0 Å². The van der Waals surface area contributed by atoms with Crippen LogP contribution in [0.5, 0.6) is 0 Å². The molecule has 60 valence electrons. The Morgan fingerprint density at radius 2 is 2.36 bits per heavy atom. The van der Waals surface area contributed by atoms with Crippen LogP contribution in [0.25, 0.3) is 0 Å². The fourth-order valence-corrected chi connectivity index (χ4v) is 0.882. The lowest BCUT2D eigenvalue weighted by Gasteiger charge is -2.00. The molecule has 0 bridgehead atoms. The van der Waals surface area contributed by atoms with Crippen molar-refractivity contribution in [3.8, 4) is 0 Å². The highest BCUT2D eigenvalue weighted by Crippen LogP contribution is 2.01. The van der Waals surface area contributed by atoms with Gasteiger partial charge in [0.15, 0.2) is 0 Å². The maximum Gasteiger partial charge on any atom is 0.130 e. The van der Waals surface area contributed by atoms with Crippen molar-refractivity contribution in [2.45, 2.75) is 19.8 Å². The number of aryl methyl sites for hydroxylation is 1. The molecule has 0 spiro atoms. The first-order chi connectivity index (χ1) is 5.36. The smallest absolute Gasteiger partial charge is 0.130 e. The monoisotopic (exact) mass is 151 g/mol. The largest absolute Gasteiger partial charge is 0.373 e. The second-order valence-electron chi connectivity index (χ2n) is 2.36. The Bertz CT molecular complexity index is 222. The van der Waals surface area contributed by atoms with Gasteiger partial charge in [-0.3, -0.25) is 0 Å². The predicted octanol–water partition coefficient (Wildman–Crippen LogP) is 1.47. The fourth-order valence-electron chi connectivity index (χ4n) is 0.882. The molecule has 0 aromatic carbocycles. The zero-order chi connectivity index (χ0) is 8.10. The van der Waals surface area contributed by atoms with E-state index in [0.717, 1.165) is 24.5 Å². The second kappa shape index (κ2) is 3.91. The van der Waals surface area contributed by atoms with Gasteiger partial charge in [-0.05, 0) is 12.5 Å². The van der Waals surface area contributed by atoms with E-state index in [4.69, 9.17) is 0 Å². The zero-order valence-corrected chi connectivity index (χ0v) is 6.96. The Kier molecular flexibility index (Phi) is 2.83. The van der Waals surface area contributed by atoms with Gasteiger partial charge in [0.25, 0.3) is 0 Å². The molecule has 0 saturated heterocycles. The van der Waals surface area contributed by atoms with Crippen LogP contribution < -0.4 is 5.32 Å². The first-order valence-electron chi connectivity index (χ1n) is 3.86. The number of hydrogen-bond acceptors (Lipinski definition) is 3. The predicted molar refractivity (Wildman–Crippen MR) is 45.6 cm³/mol. The van der Waals surface area contributed by atoms with E-state index in [0.29, 0.717) is 0 Å². The van der Waals surface area contributed by atoms with E-state index >= 15 is 0 Å². The van der Waals surface area contributed by atoms with Gasteiger partial charge in [0.05, 0.1) is 0 Å². The van der Waals surface area contributed by atoms with E-state index in [2.05, 4.69) is 22.2 Å². The summed E-state index contributed by atoms with van der Waals surface area (Å²) in [5.74, 6) is 1.81. The molecule has 1 aromatic rings. The Hall–Kier alpha value is -1.12. The minimum Gasteiger partial charge on any atom is -0.373 e. The molecule has 0 aliphatic carbocycles. The van der Waals surface area contributed by atoms with Crippen LogP contribution in [0.15, 0.2) is 12.3 Å². The normalized spacial score (nSPS) is 9.64. The van der Waals surface area contributed by atoms with Crippen molar-refractivity contribution in [2.24, 2.45) is 0 Å². The highest BCUT2D eigenvalue weighted by molar-refractivity contribution is 5.31. The molecule has 11 heavy (non-hydrogen) atoms. The first-order valence-corrected chi connectivity index (χ1v) is 3.86. The summed E-state index contributed by atoms with van der Waals surface area (Å²) in [4.78, 5) is 8.38. The van der Waals surface area contributed by atoms with Gasteiger partial charge < -0.3 is 5.32 Å². The molecule has 0 saturated carbocycles.